The van der Waals surface area contributed by atoms with Crippen LogP contribution in [0.25, 0.3) is 10.9 Å². The first-order chi connectivity index (χ1) is 8.84. The Morgan fingerprint density at radius 2 is 2.17 bits per heavy atom. The number of para-hydroxylation sites is 1. The number of fused-ring (bicyclic) bond motifs is 1. The molecule has 0 aliphatic carbocycles. The first kappa shape index (κ1) is 11.0. The van der Waals surface area contributed by atoms with Crippen LogP contribution in [0, 0.1) is 0 Å². The van der Waals surface area contributed by atoms with E-state index in [1.165, 1.54) is 18.1 Å². The van der Waals surface area contributed by atoms with Crippen LogP contribution in [0.15, 0.2) is 46.9 Å². The fraction of sp³-hybridized carbons (Fsp3) is 0.0909. The minimum Gasteiger partial charge on any atom is -0.288 e. The Kier molecular flexibility index (Phi) is 2.81. The van der Waals surface area contributed by atoms with Gasteiger partial charge in [0, 0.05) is 0 Å². The highest BCUT2D eigenvalue weighted by atomic mass is 32.2. The molecule has 0 bridgehead atoms. The van der Waals surface area contributed by atoms with Crippen LogP contribution in [0.2, 0.25) is 0 Å². The predicted molar refractivity (Wildman–Crippen MR) is 68.2 cm³/mol. The van der Waals surface area contributed by atoms with Crippen molar-refractivity contribution in [3.05, 3.63) is 47.3 Å². The second-order valence-electron chi connectivity index (χ2n) is 3.60. The Morgan fingerprint density at radius 1 is 1.28 bits per heavy atom. The van der Waals surface area contributed by atoms with E-state index < -0.39 is 0 Å². The number of nitrogens with one attached hydrogen (secondary N) is 1. The summed E-state index contributed by atoms with van der Waals surface area (Å²) in [4.78, 5) is 20.4. The molecular weight excluding hydrogens is 250 g/mol. The van der Waals surface area contributed by atoms with E-state index in [1.54, 1.807) is 17.0 Å². The monoisotopic (exact) mass is 259 g/mol. The van der Waals surface area contributed by atoms with Gasteiger partial charge < -0.3 is 0 Å². The van der Waals surface area contributed by atoms with E-state index in [0.717, 1.165) is 0 Å². The van der Waals surface area contributed by atoms with Crippen molar-refractivity contribution in [2.24, 2.45) is 0 Å². The zero-order valence-electron chi connectivity index (χ0n) is 9.28. The van der Waals surface area contributed by atoms with Crippen LogP contribution in [0.5, 0.6) is 0 Å². The summed E-state index contributed by atoms with van der Waals surface area (Å²) >= 11 is 1.40. The van der Waals surface area contributed by atoms with Gasteiger partial charge in [-0.05, 0) is 12.1 Å². The van der Waals surface area contributed by atoms with Gasteiger partial charge in [-0.1, -0.05) is 23.9 Å². The molecule has 2 heterocycles. The molecular formula is C11H9N5OS. The third kappa shape index (κ3) is 2.00. The summed E-state index contributed by atoms with van der Waals surface area (Å²) < 4.78 is 1.55. The molecule has 6 nitrogen and oxygen atoms in total. The molecule has 2 aromatic heterocycles. The number of benzene rings is 1. The zero-order valence-corrected chi connectivity index (χ0v) is 10.1. The van der Waals surface area contributed by atoms with Crippen molar-refractivity contribution in [3.8, 4) is 0 Å². The van der Waals surface area contributed by atoms with Gasteiger partial charge in [-0.3, -0.25) is 14.5 Å². The van der Waals surface area contributed by atoms with Gasteiger partial charge in [0.15, 0.2) is 5.16 Å². The Bertz CT molecular complexity index is 722. The molecule has 7 heteroatoms. The molecule has 0 atom stereocenters. The Balaban J connectivity index is 1.93. The van der Waals surface area contributed by atoms with E-state index in [2.05, 4.69) is 20.2 Å². The SMILES string of the molecule is O=c1c2ccccc2ncn1CSc1ncn[nH]1. The molecule has 90 valence electrons. The smallest absolute Gasteiger partial charge is 0.261 e. The molecule has 18 heavy (non-hydrogen) atoms. The molecule has 0 amide bonds. The standard InChI is InChI=1S/C11H9N5OS/c17-10-8-3-1-2-4-9(8)13-6-16(10)7-18-11-12-5-14-15-11/h1-6H,7H2,(H,12,14,15). The maximum atomic E-state index is 12.2. The van der Waals surface area contributed by atoms with Crippen LogP contribution in [-0.2, 0) is 5.88 Å². The van der Waals surface area contributed by atoms with Crippen LogP contribution in [-0.4, -0.2) is 24.7 Å². The highest BCUT2D eigenvalue weighted by Crippen LogP contribution is 2.13. The Hall–Kier alpha value is -2.15. The summed E-state index contributed by atoms with van der Waals surface area (Å²) in [6.07, 6.45) is 2.98. The van der Waals surface area contributed by atoms with Gasteiger partial charge in [0.1, 0.15) is 6.33 Å². The number of hydrogen-bond donors (Lipinski definition) is 1. The summed E-state index contributed by atoms with van der Waals surface area (Å²) in [5, 5.41) is 7.78. The second kappa shape index (κ2) is 4.61. The molecule has 0 unspecified atom stereocenters. The minimum absolute atomic E-state index is 0.0485. The van der Waals surface area contributed by atoms with E-state index in [0.29, 0.717) is 21.9 Å². The third-order valence-electron chi connectivity index (χ3n) is 2.46. The normalized spacial score (nSPS) is 10.9. The van der Waals surface area contributed by atoms with E-state index in [9.17, 15) is 4.79 Å². The van der Waals surface area contributed by atoms with E-state index in [4.69, 9.17) is 0 Å². The van der Waals surface area contributed by atoms with Gasteiger partial charge in [-0.15, -0.1) is 0 Å². The summed E-state index contributed by atoms with van der Waals surface area (Å²) in [5.41, 5.74) is 0.663. The molecule has 1 N–H and O–H groups in total. The molecule has 0 spiro atoms. The molecule has 0 fully saturated rings. The van der Waals surface area contributed by atoms with E-state index in [-0.39, 0.29) is 5.56 Å². The average Bonchev–Trinajstić information content (AvgIpc) is 2.91. The number of aromatic nitrogens is 5. The summed E-state index contributed by atoms with van der Waals surface area (Å²) in [6, 6.07) is 7.30. The number of hydrogen-bond acceptors (Lipinski definition) is 5. The van der Waals surface area contributed by atoms with Crippen LogP contribution in [0.4, 0.5) is 0 Å². The number of aromatic amines is 1. The van der Waals surface area contributed by atoms with Gasteiger partial charge in [-0.2, -0.15) is 5.10 Å². The molecule has 3 rings (SSSR count). The lowest BCUT2D eigenvalue weighted by Crippen LogP contribution is -2.19. The lowest BCUT2D eigenvalue weighted by atomic mass is 10.2. The van der Waals surface area contributed by atoms with E-state index in [1.807, 2.05) is 18.2 Å². The van der Waals surface area contributed by atoms with Crippen molar-refractivity contribution in [1.29, 1.82) is 0 Å². The quantitative estimate of drug-likeness (QED) is 0.717. The highest BCUT2D eigenvalue weighted by Gasteiger charge is 2.04. The van der Waals surface area contributed by atoms with Crippen molar-refractivity contribution < 1.29 is 0 Å². The van der Waals surface area contributed by atoms with Crippen molar-refractivity contribution in [3.63, 3.8) is 0 Å². The van der Waals surface area contributed by atoms with Crippen molar-refractivity contribution in [2.75, 3.05) is 0 Å². The largest absolute Gasteiger partial charge is 0.288 e. The molecule has 0 aliphatic heterocycles. The summed E-state index contributed by atoms with van der Waals surface area (Å²) in [5.74, 6) is 0.450. The van der Waals surface area contributed by atoms with Gasteiger partial charge in [0.05, 0.1) is 23.1 Å². The van der Waals surface area contributed by atoms with Crippen LogP contribution in [0.1, 0.15) is 0 Å². The number of H-pyrrole nitrogens is 1. The van der Waals surface area contributed by atoms with Crippen molar-refractivity contribution in [2.45, 2.75) is 11.0 Å². The minimum atomic E-state index is -0.0485. The Labute approximate surface area is 106 Å². The summed E-state index contributed by atoms with van der Waals surface area (Å²) in [6.45, 7) is 0. The summed E-state index contributed by atoms with van der Waals surface area (Å²) in [7, 11) is 0. The number of nitrogens with zero attached hydrogens (tertiary/aromatic N) is 4. The molecule has 1 aromatic carbocycles. The van der Waals surface area contributed by atoms with Crippen molar-refractivity contribution in [1.82, 2.24) is 24.7 Å². The fourth-order valence-electron chi connectivity index (χ4n) is 1.59. The van der Waals surface area contributed by atoms with Gasteiger partial charge in [-0.25, -0.2) is 9.97 Å². The lowest BCUT2D eigenvalue weighted by Gasteiger charge is -2.04. The fourth-order valence-corrected chi connectivity index (χ4v) is 2.28. The predicted octanol–water partition coefficient (Wildman–Crippen LogP) is 1.26. The average molecular weight is 259 g/mol. The highest BCUT2D eigenvalue weighted by molar-refractivity contribution is 7.98. The number of rotatable bonds is 3. The van der Waals surface area contributed by atoms with Gasteiger partial charge in [0.2, 0.25) is 0 Å². The van der Waals surface area contributed by atoms with Crippen LogP contribution < -0.4 is 5.56 Å². The van der Waals surface area contributed by atoms with Crippen LogP contribution in [0.3, 0.4) is 0 Å². The Morgan fingerprint density at radius 3 is 3.00 bits per heavy atom. The molecule has 0 radical (unpaired) electrons. The van der Waals surface area contributed by atoms with Crippen molar-refractivity contribution >= 4 is 22.7 Å². The first-order valence-electron chi connectivity index (χ1n) is 5.27. The maximum Gasteiger partial charge on any atom is 0.261 e. The van der Waals surface area contributed by atoms with E-state index >= 15 is 0 Å². The number of thioether (sulfide) groups is 1. The van der Waals surface area contributed by atoms with Gasteiger partial charge in [0.25, 0.3) is 5.56 Å². The third-order valence-corrected chi connectivity index (χ3v) is 3.34. The first-order valence-corrected chi connectivity index (χ1v) is 6.25. The zero-order chi connectivity index (χ0) is 12.4. The molecule has 3 aromatic rings. The topological polar surface area (TPSA) is 76.5 Å². The van der Waals surface area contributed by atoms with Crippen LogP contribution >= 0.6 is 11.8 Å². The molecule has 0 aliphatic rings. The second-order valence-corrected chi connectivity index (χ2v) is 4.53. The molecule has 0 saturated heterocycles. The maximum absolute atomic E-state index is 12.2. The lowest BCUT2D eigenvalue weighted by molar-refractivity contribution is 0.818. The molecule has 0 saturated carbocycles. The van der Waals surface area contributed by atoms with Gasteiger partial charge >= 0.3 is 0 Å².